The highest BCUT2D eigenvalue weighted by molar-refractivity contribution is 5.94. The van der Waals surface area contributed by atoms with E-state index >= 15 is 0 Å². The van der Waals surface area contributed by atoms with Crippen molar-refractivity contribution in [3.8, 4) is 0 Å². The summed E-state index contributed by atoms with van der Waals surface area (Å²) in [6, 6.07) is 0. The molecule has 0 saturated heterocycles. The van der Waals surface area contributed by atoms with Crippen molar-refractivity contribution >= 4 is 5.78 Å². The molecular formula is C8H12O2. The van der Waals surface area contributed by atoms with Gasteiger partial charge in [0, 0.05) is 11.5 Å². The molecule has 0 amide bonds. The van der Waals surface area contributed by atoms with Crippen LogP contribution in [0.25, 0.3) is 0 Å². The molecule has 0 spiro atoms. The molecule has 0 heterocycles. The van der Waals surface area contributed by atoms with E-state index in [0.717, 1.165) is 25.5 Å². The van der Waals surface area contributed by atoms with Crippen LogP contribution in [0.5, 0.6) is 0 Å². The number of hydrogen-bond donors (Lipinski definition) is 1. The summed E-state index contributed by atoms with van der Waals surface area (Å²) in [5.41, 5.74) is -0.154. The fourth-order valence-electron chi connectivity index (χ4n) is 1.22. The first kappa shape index (κ1) is 7.32. The molecule has 2 nitrogen and oxygen atoms in total. The summed E-state index contributed by atoms with van der Waals surface area (Å²) in [5, 5.41) is 8.32. The molecule has 0 aromatic rings. The van der Waals surface area contributed by atoms with E-state index in [1.807, 2.05) is 6.92 Å². The van der Waals surface area contributed by atoms with Crippen LogP contribution in [0.4, 0.5) is 0 Å². The maximum absolute atomic E-state index is 11.1. The second kappa shape index (κ2) is 2.45. The zero-order valence-electron chi connectivity index (χ0n) is 6.13. The van der Waals surface area contributed by atoms with Crippen molar-refractivity contribution in [3.63, 3.8) is 0 Å². The van der Waals surface area contributed by atoms with E-state index in [4.69, 9.17) is 5.11 Å². The molecule has 0 aromatic carbocycles. The number of hydrogen-bond acceptors (Lipinski definition) is 2. The third-order valence-electron chi connectivity index (χ3n) is 2.28. The zero-order chi connectivity index (χ0) is 7.61. The average molecular weight is 140 g/mol. The first-order valence-corrected chi connectivity index (χ1v) is 3.54. The van der Waals surface area contributed by atoms with Crippen LogP contribution in [0.3, 0.4) is 0 Å². The SMILES string of the molecule is CC1(C(=O)/C=C/O)CCC1. The second-order valence-electron chi connectivity index (χ2n) is 3.09. The van der Waals surface area contributed by atoms with Crippen molar-refractivity contribution in [2.45, 2.75) is 26.2 Å². The largest absolute Gasteiger partial charge is 0.515 e. The van der Waals surface area contributed by atoms with Crippen molar-refractivity contribution in [2.75, 3.05) is 0 Å². The molecule has 0 atom stereocenters. The smallest absolute Gasteiger partial charge is 0.164 e. The van der Waals surface area contributed by atoms with Crippen LogP contribution in [0.2, 0.25) is 0 Å². The molecule has 1 N–H and O–H groups in total. The number of rotatable bonds is 2. The quantitative estimate of drug-likeness (QED) is 0.469. The molecule has 0 bridgehead atoms. The van der Waals surface area contributed by atoms with Gasteiger partial charge in [0.05, 0.1) is 6.26 Å². The lowest BCUT2D eigenvalue weighted by Gasteiger charge is -2.35. The lowest BCUT2D eigenvalue weighted by Crippen LogP contribution is -2.33. The lowest BCUT2D eigenvalue weighted by atomic mass is 9.67. The van der Waals surface area contributed by atoms with Crippen molar-refractivity contribution in [1.29, 1.82) is 0 Å². The monoisotopic (exact) mass is 140 g/mol. The summed E-state index contributed by atoms with van der Waals surface area (Å²) in [6.45, 7) is 1.94. The maximum Gasteiger partial charge on any atom is 0.164 e. The summed E-state index contributed by atoms with van der Waals surface area (Å²) >= 11 is 0. The van der Waals surface area contributed by atoms with Gasteiger partial charge in [-0.1, -0.05) is 13.3 Å². The standard InChI is InChI=1S/C8H12O2/c1-8(4-2-5-8)7(10)3-6-9/h3,6,9H,2,4-5H2,1H3/b6-3+. The van der Waals surface area contributed by atoms with Crippen LogP contribution in [0.1, 0.15) is 26.2 Å². The molecule has 56 valence electrons. The van der Waals surface area contributed by atoms with Crippen molar-refractivity contribution in [1.82, 2.24) is 0 Å². The predicted octanol–water partition coefficient (Wildman–Crippen LogP) is 1.82. The summed E-state index contributed by atoms with van der Waals surface area (Å²) in [4.78, 5) is 11.1. The Morgan fingerprint density at radius 3 is 2.50 bits per heavy atom. The Hall–Kier alpha value is -0.790. The van der Waals surface area contributed by atoms with Gasteiger partial charge in [0.15, 0.2) is 5.78 Å². The summed E-state index contributed by atoms with van der Waals surface area (Å²) in [5.74, 6) is 0.0567. The minimum Gasteiger partial charge on any atom is -0.515 e. The van der Waals surface area contributed by atoms with E-state index in [-0.39, 0.29) is 11.2 Å². The van der Waals surface area contributed by atoms with Crippen LogP contribution in [-0.4, -0.2) is 10.9 Å². The van der Waals surface area contributed by atoms with Crippen LogP contribution < -0.4 is 0 Å². The van der Waals surface area contributed by atoms with Gasteiger partial charge in [-0.3, -0.25) is 4.79 Å². The van der Waals surface area contributed by atoms with Gasteiger partial charge in [0.25, 0.3) is 0 Å². The fourth-order valence-corrected chi connectivity index (χ4v) is 1.22. The number of aliphatic hydroxyl groups is 1. The highest BCUT2D eigenvalue weighted by Gasteiger charge is 2.37. The topological polar surface area (TPSA) is 37.3 Å². The maximum atomic E-state index is 11.1. The highest BCUT2D eigenvalue weighted by atomic mass is 16.2. The Balaban J connectivity index is 2.55. The molecule has 0 radical (unpaired) electrons. The van der Waals surface area contributed by atoms with Gasteiger partial charge < -0.3 is 5.11 Å². The fraction of sp³-hybridized carbons (Fsp3) is 0.625. The van der Waals surface area contributed by atoms with Gasteiger partial charge in [0.1, 0.15) is 0 Å². The third kappa shape index (κ3) is 1.06. The normalized spacial score (nSPS) is 22.5. The molecule has 0 aliphatic heterocycles. The highest BCUT2D eigenvalue weighted by Crippen LogP contribution is 2.41. The molecular weight excluding hydrogens is 128 g/mol. The molecule has 10 heavy (non-hydrogen) atoms. The first-order valence-electron chi connectivity index (χ1n) is 3.54. The molecule has 1 saturated carbocycles. The minimum absolute atomic E-state index is 0.0567. The van der Waals surface area contributed by atoms with Gasteiger partial charge in [-0.25, -0.2) is 0 Å². The lowest BCUT2D eigenvalue weighted by molar-refractivity contribution is -0.127. The van der Waals surface area contributed by atoms with Gasteiger partial charge in [-0.2, -0.15) is 0 Å². The Bertz CT molecular complexity index is 166. The Labute approximate surface area is 60.6 Å². The summed E-state index contributed by atoms with van der Waals surface area (Å²) in [6.07, 6.45) is 5.15. The number of carbonyl (C=O) groups is 1. The van der Waals surface area contributed by atoms with Gasteiger partial charge in [0.2, 0.25) is 0 Å². The Morgan fingerprint density at radius 1 is 1.60 bits per heavy atom. The number of aliphatic hydroxyl groups excluding tert-OH is 1. The van der Waals surface area contributed by atoms with Gasteiger partial charge in [-0.15, -0.1) is 0 Å². The predicted molar refractivity (Wildman–Crippen MR) is 38.7 cm³/mol. The van der Waals surface area contributed by atoms with Gasteiger partial charge >= 0.3 is 0 Å². The van der Waals surface area contributed by atoms with Crippen molar-refractivity contribution in [2.24, 2.45) is 5.41 Å². The van der Waals surface area contributed by atoms with Crippen molar-refractivity contribution < 1.29 is 9.90 Å². The van der Waals surface area contributed by atoms with Crippen LogP contribution >= 0.6 is 0 Å². The molecule has 1 rings (SSSR count). The Morgan fingerprint density at radius 2 is 2.20 bits per heavy atom. The van der Waals surface area contributed by atoms with Crippen LogP contribution in [0, 0.1) is 5.41 Å². The first-order chi connectivity index (χ1) is 4.69. The van der Waals surface area contributed by atoms with Crippen molar-refractivity contribution in [3.05, 3.63) is 12.3 Å². The minimum atomic E-state index is -0.154. The molecule has 0 unspecified atom stereocenters. The Kier molecular flexibility index (Phi) is 1.79. The van der Waals surface area contributed by atoms with E-state index in [9.17, 15) is 4.79 Å². The van der Waals surface area contributed by atoms with Crippen LogP contribution in [-0.2, 0) is 4.79 Å². The summed E-state index contributed by atoms with van der Waals surface area (Å²) in [7, 11) is 0. The van der Waals surface area contributed by atoms with Gasteiger partial charge in [-0.05, 0) is 12.8 Å². The third-order valence-corrected chi connectivity index (χ3v) is 2.28. The second-order valence-corrected chi connectivity index (χ2v) is 3.09. The molecule has 1 fully saturated rings. The molecule has 0 aromatic heterocycles. The zero-order valence-corrected chi connectivity index (χ0v) is 6.13. The molecule has 2 heteroatoms. The van der Waals surface area contributed by atoms with E-state index in [1.165, 1.54) is 6.08 Å². The van der Waals surface area contributed by atoms with E-state index < -0.39 is 0 Å². The van der Waals surface area contributed by atoms with E-state index in [0.29, 0.717) is 0 Å². The summed E-state index contributed by atoms with van der Waals surface area (Å²) < 4.78 is 0. The number of ketones is 1. The molecule has 1 aliphatic rings. The van der Waals surface area contributed by atoms with Crippen LogP contribution in [0.15, 0.2) is 12.3 Å². The average Bonchev–Trinajstić information content (AvgIpc) is 1.83. The number of allylic oxidation sites excluding steroid dienone is 1. The molecule has 1 aliphatic carbocycles. The number of carbonyl (C=O) groups excluding carboxylic acids is 1. The van der Waals surface area contributed by atoms with E-state index in [1.54, 1.807) is 0 Å². The van der Waals surface area contributed by atoms with E-state index in [2.05, 4.69) is 0 Å².